The number of pyridine rings is 1. The standard InChI is InChI=1S/C15H14N2O2/c18-14(13-4-2-1-3-5-13)10-15(19)17-11-12-6-8-16-9-7-12/h1-9H,10-11H2,(H,17,19). The smallest absolute Gasteiger partial charge is 0.228 e. The predicted octanol–water partition coefficient (Wildman–Crippen LogP) is 1.97. The lowest BCUT2D eigenvalue weighted by Gasteiger charge is -2.04. The molecule has 1 aromatic carbocycles. The molecule has 0 radical (unpaired) electrons. The summed E-state index contributed by atoms with van der Waals surface area (Å²) in [5.41, 5.74) is 1.51. The number of benzene rings is 1. The van der Waals surface area contributed by atoms with Crippen molar-refractivity contribution in [1.82, 2.24) is 10.3 Å². The monoisotopic (exact) mass is 254 g/mol. The highest BCUT2D eigenvalue weighted by atomic mass is 16.2. The summed E-state index contributed by atoms with van der Waals surface area (Å²) in [7, 11) is 0. The second-order valence-corrected chi connectivity index (χ2v) is 4.10. The van der Waals surface area contributed by atoms with Crippen LogP contribution in [0.15, 0.2) is 54.9 Å². The van der Waals surface area contributed by atoms with E-state index in [2.05, 4.69) is 10.3 Å². The van der Waals surface area contributed by atoms with Crippen molar-refractivity contribution in [2.75, 3.05) is 0 Å². The van der Waals surface area contributed by atoms with Gasteiger partial charge < -0.3 is 5.32 Å². The molecule has 0 spiro atoms. The zero-order valence-electron chi connectivity index (χ0n) is 10.4. The molecule has 2 aromatic rings. The molecular formula is C15H14N2O2. The van der Waals surface area contributed by atoms with Crippen molar-refractivity contribution in [2.45, 2.75) is 13.0 Å². The second kappa shape index (κ2) is 6.44. The average molecular weight is 254 g/mol. The van der Waals surface area contributed by atoms with Gasteiger partial charge in [0.05, 0.1) is 6.42 Å². The first-order valence-corrected chi connectivity index (χ1v) is 5.99. The number of hydrogen-bond donors (Lipinski definition) is 1. The molecule has 0 aliphatic heterocycles. The van der Waals surface area contributed by atoms with Crippen molar-refractivity contribution in [3.63, 3.8) is 0 Å². The molecule has 2 rings (SSSR count). The van der Waals surface area contributed by atoms with E-state index in [-0.39, 0.29) is 18.1 Å². The van der Waals surface area contributed by atoms with Crippen molar-refractivity contribution in [3.05, 3.63) is 66.0 Å². The Labute approximate surface area is 111 Å². The van der Waals surface area contributed by atoms with E-state index in [1.54, 1.807) is 36.7 Å². The molecular weight excluding hydrogens is 240 g/mol. The topological polar surface area (TPSA) is 59.1 Å². The molecule has 4 heteroatoms. The third-order valence-electron chi connectivity index (χ3n) is 2.66. The van der Waals surface area contributed by atoms with Crippen LogP contribution in [0, 0.1) is 0 Å². The first-order valence-electron chi connectivity index (χ1n) is 5.99. The van der Waals surface area contributed by atoms with Crippen molar-refractivity contribution >= 4 is 11.7 Å². The number of aromatic nitrogens is 1. The summed E-state index contributed by atoms with van der Waals surface area (Å²) in [5.74, 6) is -0.446. The normalized spacial score (nSPS) is 9.89. The number of rotatable bonds is 5. The summed E-state index contributed by atoms with van der Waals surface area (Å²) in [6.07, 6.45) is 3.20. The molecule has 19 heavy (non-hydrogen) atoms. The maximum absolute atomic E-state index is 11.8. The van der Waals surface area contributed by atoms with Crippen molar-refractivity contribution in [3.8, 4) is 0 Å². The summed E-state index contributed by atoms with van der Waals surface area (Å²) in [6, 6.07) is 12.4. The van der Waals surface area contributed by atoms with E-state index in [1.165, 1.54) is 0 Å². The molecule has 0 saturated carbocycles. The van der Waals surface area contributed by atoms with Gasteiger partial charge in [-0.05, 0) is 17.7 Å². The van der Waals surface area contributed by atoms with Crippen LogP contribution in [0.1, 0.15) is 22.3 Å². The summed E-state index contributed by atoms with van der Waals surface area (Å²) in [5, 5.41) is 2.71. The number of hydrogen-bond acceptors (Lipinski definition) is 3. The summed E-state index contributed by atoms with van der Waals surface area (Å²) >= 11 is 0. The van der Waals surface area contributed by atoms with E-state index >= 15 is 0 Å². The lowest BCUT2D eigenvalue weighted by Crippen LogP contribution is -2.25. The highest BCUT2D eigenvalue weighted by Crippen LogP contribution is 2.03. The number of nitrogens with zero attached hydrogens (tertiary/aromatic N) is 1. The van der Waals surface area contributed by atoms with Crippen molar-refractivity contribution in [2.24, 2.45) is 0 Å². The van der Waals surface area contributed by atoms with Gasteiger partial charge in [-0.2, -0.15) is 0 Å². The first-order chi connectivity index (χ1) is 9.25. The number of carbonyl (C=O) groups is 2. The minimum Gasteiger partial charge on any atom is -0.352 e. The maximum atomic E-state index is 11.8. The molecule has 1 N–H and O–H groups in total. The molecule has 0 saturated heterocycles. The summed E-state index contributed by atoms with van der Waals surface area (Å²) < 4.78 is 0. The number of Topliss-reactive ketones (excluding diaryl/α,β-unsaturated/α-hetero) is 1. The van der Waals surface area contributed by atoms with Gasteiger partial charge in [-0.1, -0.05) is 30.3 Å². The summed E-state index contributed by atoms with van der Waals surface area (Å²) in [4.78, 5) is 27.3. The fourth-order valence-corrected chi connectivity index (χ4v) is 1.64. The number of nitrogens with one attached hydrogen (secondary N) is 1. The van der Waals surface area contributed by atoms with Gasteiger partial charge >= 0.3 is 0 Å². The van der Waals surface area contributed by atoms with Gasteiger partial charge in [-0.15, -0.1) is 0 Å². The van der Waals surface area contributed by atoms with E-state index in [4.69, 9.17) is 0 Å². The molecule has 1 amide bonds. The fourth-order valence-electron chi connectivity index (χ4n) is 1.64. The van der Waals surface area contributed by atoms with Crippen LogP contribution in [0.5, 0.6) is 0 Å². The number of ketones is 1. The molecule has 1 aromatic heterocycles. The van der Waals surface area contributed by atoms with Crippen LogP contribution < -0.4 is 5.32 Å². The van der Waals surface area contributed by atoms with E-state index in [1.807, 2.05) is 18.2 Å². The lowest BCUT2D eigenvalue weighted by molar-refractivity contribution is -0.120. The van der Waals surface area contributed by atoms with Crippen LogP contribution in [-0.2, 0) is 11.3 Å². The van der Waals surface area contributed by atoms with Gasteiger partial charge in [0.25, 0.3) is 0 Å². The van der Waals surface area contributed by atoms with Crippen LogP contribution in [-0.4, -0.2) is 16.7 Å². The van der Waals surface area contributed by atoms with E-state index in [9.17, 15) is 9.59 Å². The van der Waals surface area contributed by atoms with E-state index < -0.39 is 0 Å². The fraction of sp³-hybridized carbons (Fsp3) is 0.133. The Kier molecular flexibility index (Phi) is 4.39. The van der Waals surface area contributed by atoms with E-state index in [0.717, 1.165) is 5.56 Å². The SMILES string of the molecule is O=C(CC(=O)c1ccccc1)NCc1ccncc1. The molecule has 0 unspecified atom stereocenters. The van der Waals surface area contributed by atoms with Gasteiger partial charge in [0.2, 0.25) is 5.91 Å². The Morgan fingerprint density at radius 2 is 1.68 bits per heavy atom. The summed E-state index contributed by atoms with van der Waals surface area (Å²) in [6.45, 7) is 0.406. The van der Waals surface area contributed by atoms with Crippen LogP contribution in [0.4, 0.5) is 0 Å². The Hall–Kier alpha value is -2.49. The lowest BCUT2D eigenvalue weighted by atomic mass is 10.1. The van der Waals surface area contributed by atoms with Gasteiger partial charge in [-0.3, -0.25) is 14.6 Å². The first kappa shape index (κ1) is 13.0. The average Bonchev–Trinajstić information content (AvgIpc) is 2.47. The van der Waals surface area contributed by atoms with Crippen LogP contribution >= 0.6 is 0 Å². The maximum Gasteiger partial charge on any atom is 0.228 e. The Balaban J connectivity index is 1.83. The Bertz CT molecular complexity index is 553. The second-order valence-electron chi connectivity index (χ2n) is 4.10. The quantitative estimate of drug-likeness (QED) is 0.655. The highest BCUT2D eigenvalue weighted by molar-refractivity contribution is 6.07. The molecule has 0 bridgehead atoms. The Morgan fingerprint density at radius 1 is 1.00 bits per heavy atom. The van der Waals surface area contributed by atoms with Gasteiger partial charge in [0.15, 0.2) is 5.78 Å². The molecule has 0 fully saturated rings. The molecule has 96 valence electrons. The molecule has 4 nitrogen and oxygen atoms in total. The number of carbonyl (C=O) groups excluding carboxylic acids is 2. The van der Waals surface area contributed by atoms with Gasteiger partial charge in [0.1, 0.15) is 0 Å². The van der Waals surface area contributed by atoms with Crippen LogP contribution in [0.2, 0.25) is 0 Å². The molecule has 0 aliphatic carbocycles. The molecule has 1 heterocycles. The minimum absolute atomic E-state index is 0.130. The molecule has 0 atom stereocenters. The van der Waals surface area contributed by atoms with Gasteiger partial charge in [-0.25, -0.2) is 0 Å². The zero-order valence-corrected chi connectivity index (χ0v) is 10.4. The van der Waals surface area contributed by atoms with Gasteiger partial charge in [0, 0.05) is 24.5 Å². The highest BCUT2D eigenvalue weighted by Gasteiger charge is 2.10. The number of amides is 1. The third-order valence-corrected chi connectivity index (χ3v) is 2.66. The predicted molar refractivity (Wildman–Crippen MR) is 71.5 cm³/mol. The molecule has 0 aliphatic rings. The van der Waals surface area contributed by atoms with Crippen LogP contribution in [0.25, 0.3) is 0 Å². The third kappa shape index (κ3) is 4.03. The minimum atomic E-state index is -0.273. The zero-order chi connectivity index (χ0) is 13.5. The van der Waals surface area contributed by atoms with E-state index in [0.29, 0.717) is 12.1 Å². The van der Waals surface area contributed by atoms with Crippen molar-refractivity contribution < 1.29 is 9.59 Å². The Morgan fingerprint density at radius 3 is 2.37 bits per heavy atom. The van der Waals surface area contributed by atoms with Crippen LogP contribution in [0.3, 0.4) is 0 Å². The largest absolute Gasteiger partial charge is 0.352 e. The van der Waals surface area contributed by atoms with Crippen molar-refractivity contribution in [1.29, 1.82) is 0 Å².